The highest BCUT2D eigenvalue weighted by Gasteiger charge is 2.37. The SMILES string of the molecule is COc1ccc(C(C)(C)C(=O)N2CCCC(C(C)N)C2)cc1OC. The van der Waals surface area contributed by atoms with E-state index >= 15 is 0 Å². The van der Waals surface area contributed by atoms with Gasteiger partial charge in [0.05, 0.1) is 19.6 Å². The molecule has 1 heterocycles. The number of hydrogen-bond acceptors (Lipinski definition) is 4. The lowest BCUT2D eigenvalue weighted by Gasteiger charge is -2.39. The summed E-state index contributed by atoms with van der Waals surface area (Å²) in [7, 11) is 3.21. The Morgan fingerprint density at radius 2 is 1.96 bits per heavy atom. The van der Waals surface area contributed by atoms with Gasteiger partial charge >= 0.3 is 0 Å². The predicted molar refractivity (Wildman–Crippen MR) is 95.5 cm³/mol. The van der Waals surface area contributed by atoms with Gasteiger partial charge in [-0.1, -0.05) is 6.07 Å². The number of nitrogens with zero attached hydrogens (tertiary/aromatic N) is 1. The van der Waals surface area contributed by atoms with Crippen LogP contribution in [0.1, 0.15) is 39.2 Å². The third-order valence-electron chi connectivity index (χ3n) is 5.13. The topological polar surface area (TPSA) is 64.8 Å². The number of amides is 1. The van der Waals surface area contributed by atoms with Crippen LogP contribution in [-0.4, -0.2) is 44.2 Å². The minimum atomic E-state index is -0.626. The number of benzene rings is 1. The van der Waals surface area contributed by atoms with Crippen LogP contribution in [0.5, 0.6) is 11.5 Å². The van der Waals surface area contributed by atoms with E-state index in [1.54, 1.807) is 14.2 Å². The van der Waals surface area contributed by atoms with Crippen molar-refractivity contribution in [3.63, 3.8) is 0 Å². The molecule has 1 aromatic carbocycles. The summed E-state index contributed by atoms with van der Waals surface area (Å²) in [6, 6.07) is 5.80. The molecule has 1 aromatic rings. The highest BCUT2D eigenvalue weighted by Crippen LogP contribution is 2.35. The second kappa shape index (κ2) is 7.43. The normalized spacial score (nSPS) is 19.8. The van der Waals surface area contributed by atoms with Gasteiger partial charge in [-0.25, -0.2) is 0 Å². The van der Waals surface area contributed by atoms with Crippen LogP contribution in [0.15, 0.2) is 18.2 Å². The summed E-state index contributed by atoms with van der Waals surface area (Å²) < 4.78 is 10.7. The summed E-state index contributed by atoms with van der Waals surface area (Å²) in [5.74, 6) is 1.83. The summed E-state index contributed by atoms with van der Waals surface area (Å²) in [4.78, 5) is 15.1. The first kappa shape index (κ1) is 18.6. The first-order valence-electron chi connectivity index (χ1n) is 8.58. The zero-order chi connectivity index (χ0) is 17.9. The predicted octanol–water partition coefficient (Wildman–Crippen LogP) is 2.57. The molecule has 1 saturated heterocycles. The fourth-order valence-electron chi connectivity index (χ4n) is 3.37. The Morgan fingerprint density at radius 3 is 2.54 bits per heavy atom. The maximum atomic E-state index is 13.2. The molecular weight excluding hydrogens is 304 g/mol. The van der Waals surface area contributed by atoms with Gasteiger partial charge in [0.25, 0.3) is 0 Å². The van der Waals surface area contributed by atoms with E-state index in [0.29, 0.717) is 17.4 Å². The quantitative estimate of drug-likeness (QED) is 0.899. The van der Waals surface area contributed by atoms with Crippen LogP contribution in [0.4, 0.5) is 0 Å². The number of carbonyl (C=O) groups excluding carboxylic acids is 1. The molecule has 0 aromatic heterocycles. The lowest BCUT2D eigenvalue weighted by molar-refractivity contribution is -0.138. The standard InChI is InChI=1S/C19H30N2O3/c1-13(20)14-7-6-10-21(12-14)18(22)19(2,3)15-8-9-16(23-4)17(11-15)24-5/h8-9,11,13-14H,6-7,10,12,20H2,1-5H3. The second-order valence-corrected chi connectivity index (χ2v) is 7.21. The average molecular weight is 334 g/mol. The molecule has 1 amide bonds. The number of piperidine rings is 1. The second-order valence-electron chi connectivity index (χ2n) is 7.21. The van der Waals surface area contributed by atoms with Crippen molar-refractivity contribution in [2.45, 2.75) is 45.1 Å². The molecule has 5 nitrogen and oxygen atoms in total. The number of methoxy groups -OCH3 is 2. The smallest absolute Gasteiger partial charge is 0.232 e. The Labute approximate surface area is 145 Å². The third-order valence-corrected chi connectivity index (χ3v) is 5.13. The molecular formula is C19H30N2O3. The van der Waals surface area contributed by atoms with Gasteiger partial charge in [-0.05, 0) is 57.2 Å². The summed E-state index contributed by atoms with van der Waals surface area (Å²) in [6.45, 7) is 7.50. The average Bonchev–Trinajstić information content (AvgIpc) is 2.60. The first-order chi connectivity index (χ1) is 11.3. The molecule has 5 heteroatoms. The summed E-state index contributed by atoms with van der Waals surface area (Å²) in [5.41, 5.74) is 6.35. The molecule has 24 heavy (non-hydrogen) atoms. The zero-order valence-electron chi connectivity index (χ0n) is 15.5. The zero-order valence-corrected chi connectivity index (χ0v) is 15.5. The minimum absolute atomic E-state index is 0.116. The van der Waals surface area contributed by atoms with E-state index in [9.17, 15) is 4.79 Å². The van der Waals surface area contributed by atoms with Crippen LogP contribution >= 0.6 is 0 Å². The lowest BCUT2D eigenvalue weighted by atomic mass is 9.81. The molecule has 0 saturated carbocycles. The monoisotopic (exact) mass is 334 g/mol. The van der Waals surface area contributed by atoms with Gasteiger partial charge in [0, 0.05) is 19.1 Å². The molecule has 134 valence electrons. The Bertz CT molecular complexity index is 584. The van der Waals surface area contributed by atoms with Crippen LogP contribution in [0.2, 0.25) is 0 Å². The number of ether oxygens (including phenoxy) is 2. The van der Waals surface area contributed by atoms with Gasteiger partial charge in [-0.3, -0.25) is 4.79 Å². The third kappa shape index (κ3) is 3.66. The van der Waals surface area contributed by atoms with E-state index in [1.807, 2.05) is 43.9 Å². The van der Waals surface area contributed by atoms with Crippen LogP contribution in [0.25, 0.3) is 0 Å². The van der Waals surface area contributed by atoms with Crippen molar-refractivity contribution in [2.75, 3.05) is 27.3 Å². The molecule has 0 bridgehead atoms. The van der Waals surface area contributed by atoms with Gasteiger partial charge in [-0.2, -0.15) is 0 Å². The maximum absolute atomic E-state index is 13.2. The van der Waals surface area contributed by atoms with Crippen LogP contribution < -0.4 is 15.2 Å². The summed E-state index contributed by atoms with van der Waals surface area (Å²) >= 11 is 0. The van der Waals surface area contributed by atoms with Crippen molar-refractivity contribution in [3.8, 4) is 11.5 Å². The van der Waals surface area contributed by atoms with Crippen molar-refractivity contribution in [2.24, 2.45) is 11.7 Å². The number of rotatable bonds is 5. The van der Waals surface area contributed by atoms with Gasteiger partial charge < -0.3 is 20.1 Å². The van der Waals surface area contributed by atoms with Crippen LogP contribution in [0, 0.1) is 5.92 Å². The van der Waals surface area contributed by atoms with E-state index < -0.39 is 5.41 Å². The first-order valence-corrected chi connectivity index (χ1v) is 8.58. The van der Waals surface area contributed by atoms with E-state index in [1.165, 1.54) is 0 Å². The Morgan fingerprint density at radius 1 is 1.29 bits per heavy atom. The van der Waals surface area contributed by atoms with E-state index in [2.05, 4.69) is 0 Å². The largest absolute Gasteiger partial charge is 0.493 e. The minimum Gasteiger partial charge on any atom is -0.493 e. The van der Waals surface area contributed by atoms with Crippen molar-refractivity contribution in [1.82, 2.24) is 4.90 Å². The van der Waals surface area contributed by atoms with Gasteiger partial charge in [0.2, 0.25) is 5.91 Å². The van der Waals surface area contributed by atoms with Crippen molar-refractivity contribution < 1.29 is 14.3 Å². The molecule has 2 atom stereocenters. The fraction of sp³-hybridized carbons (Fsp3) is 0.632. The van der Waals surface area contributed by atoms with Crippen molar-refractivity contribution in [3.05, 3.63) is 23.8 Å². The molecule has 1 aliphatic heterocycles. The molecule has 2 rings (SSSR count). The lowest BCUT2D eigenvalue weighted by Crippen LogP contribution is -2.50. The Kier molecular flexibility index (Phi) is 5.75. The van der Waals surface area contributed by atoms with E-state index in [-0.39, 0.29) is 11.9 Å². The Hall–Kier alpha value is -1.75. The maximum Gasteiger partial charge on any atom is 0.232 e. The molecule has 0 aliphatic carbocycles. The molecule has 2 N–H and O–H groups in total. The Balaban J connectivity index is 2.24. The summed E-state index contributed by atoms with van der Waals surface area (Å²) in [6.07, 6.45) is 2.11. The molecule has 1 fully saturated rings. The fourth-order valence-corrected chi connectivity index (χ4v) is 3.37. The number of nitrogens with two attached hydrogens (primary N) is 1. The van der Waals surface area contributed by atoms with E-state index in [0.717, 1.165) is 31.5 Å². The van der Waals surface area contributed by atoms with Crippen molar-refractivity contribution >= 4 is 5.91 Å². The van der Waals surface area contributed by atoms with Crippen molar-refractivity contribution in [1.29, 1.82) is 0 Å². The van der Waals surface area contributed by atoms with Gasteiger partial charge in [-0.15, -0.1) is 0 Å². The van der Waals surface area contributed by atoms with Gasteiger partial charge in [0.1, 0.15) is 0 Å². The highest BCUT2D eigenvalue weighted by molar-refractivity contribution is 5.87. The molecule has 1 aliphatic rings. The molecule has 0 radical (unpaired) electrons. The van der Waals surface area contributed by atoms with Crippen LogP contribution in [0.3, 0.4) is 0 Å². The number of likely N-dealkylation sites (tertiary alicyclic amines) is 1. The molecule has 0 spiro atoms. The highest BCUT2D eigenvalue weighted by atomic mass is 16.5. The van der Waals surface area contributed by atoms with Crippen LogP contribution in [-0.2, 0) is 10.2 Å². The van der Waals surface area contributed by atoms with Gasteiger partial charge in [0.15, 0.2) is 11.5 Å². The number of carbonyl (C=O) groups is 1. The number of hydrogen-bond donors (Lipinski definition) is 1. The molecule has 2 unspecified atom stereocenters. The van der Waals surface area contributed by atoms with E-state index in [4.69, 9.17) is 15.2 Å². The summed E-state index contributed by atoms with van der Waals surface area (Å²) in [5, 5.41) is 0.